The Hall–Kier alpha value is -1.07. The first-order valence-corrected chi connectivity index (χ1v) is 9.05. The summed E-state index contributed by atoms with van der Waals surface area (Å²) in [6, 6.07) is 7.88. The summed E-state index contributed by atoms with van der Waals surface area (Å²) in [6.07, 6.45) is 1.96. The third-order valence-corrected chi connectivity index (χ3v) is 3.84. The highest BCUT2D eigenvalue weighted by Gasteiger charge is 2.14. The second kappa shape index (κ2) is 7.64. The predicted molar refractivity (Wildman–Crippen MR) is 83.0 cm³/mol. The van der Waals surface area contributed by atoms with Gasteiger partial charge >= 0.3 is 0 Å². The largest absolute Gasteiger partial charge is 0.491 e. The number of hydrogen-bond donors (Lipinski definition) is 1. The SMILES string of the molecule is CCNC(CCS(C)(=O)=O)c1cccc(OC(C)C)c1. The topological polar surface area (TPSA) is 55.4 Å². The molecule has 1 aromatic carbocycles. The number of hydrogen-bond acceptors (Lipinski definition) is 4. The van der Waals surface area contributed by atoms with Gasteiger partial charge in [-0.15, -0.1) is 0 Å². The van der Waals surface area contributed by atoms with E-state index < -0.39 is 9.84 Å². The fourth-order valence-electron chi connectivity index (χ4n) is 2.04. The van der Waals surface area contributed by atoms with Gasteiger partial charge in [0.15, 0.2) is 0 Å². The van der Waals surface area contributed by atoms with Crippen molar-refractivity contribution < 1.29 is 13.2 Å². The summed E-state index contributed by atoms with van der Waals surface area (Å²) < 4.78 is 28.3. The van der Waals surface area contributed by atoms with E-state index in [2.05, 4.69) is 5.32 Å². The van der Waals surface area contributed by atoms with Crippen LogP contribution in [0.1, 0.15) is 38.8 Å². The molecule has 0 aliphatic carbocycles. The lowest BCUT2D eigenvalue weighted by molar-refractivity contribution is 0.242. The average molecular weight is 299 g/mol. The van der Waals surface area contributed by atoms with Gasteiger partial charge in [-0.3, -0.25) is 0 Å². The second-order valence-corrected chi connectivity index (χ2v) is 7.53. The van der Waals surface area contributed by atoms with Gasteiger partial charge in [0.05, 0.1) is 11.9 Å². The van der Waals surface area contributed by atoms with Gasteiger partial charge in [0.25, 0.3) is 0 Å². The van der Waals surface area contributed by atoms with E-state index >= 15 is 0 Å². The van der Waals surface area contributed by atoms with Crippen LogP contribution < -0.4 is 10.1 Å². The summed E-state index contributed by atoms with van der Waals surface area (Å²) in [5.74, 6) is 1.000. The minimum Gasteiger partial charge on any atom is -0.491 e. The molecule has 0 saturated carbocycles. The summed E-state index contributed by atoms with van der Waals surface area (Å²) in [4.78, 5) is 0. The second-order valence-electron chi connectivity index (χ2n) is 5.27. The molecule has 0 saturated heterocycles. The van der Waals surface area contributed by atoms with E-state index in [1.165, 1.54) is 6.26 Å². The molecule has 0 fully saturated rings. The van der Waals surface area contributed by atoms with E-state index in [0.717, 1.165) is 17.9 Å². The summed E-state index contributed by atoms with van der Waals surface area (Å²) >= 11 is 0. The van der Waals surface area contributed by atoms with Crippen molar-refractivity contribution in [1.82, 2.24) is 5.32 Å². The van der Waals surface area contributed by atoms with Gasteiger partial charge in [-0.25, -0.2) is 8.42 Å². The van der Waals surface area contributed by atoms with Crippen LogP contribution in [0.4, 0.5) is 0 Å². The van der Waals surface area contributed by atoms with Gasteiger partial charge in [0.1, 0.15) is 15.6 Å². The third-order valence-electron chi connectivity index (χ3n) is 2.86. The van der Waals surface area contributed by atoms with E-state index in [9.17, 15) is 8.42 Å². The highest BCUT2D eigenvalue weighted by Crippen LogP contribution is 2.23. The Bertz CT molecular complexity index is 512. The lowest BCUT2D eigenvalue weighted by atomic mass is 10.0. The van der Waals surface area contributed by atoms with E-state index in [-0.39, 0.29) is 17.9 Å². The molecule has 20 heavy (non-hydrogen) atoms. The van der Waals surface area contributed by atoms with E-state index in [0.29, 0.717) is 6.42 Å². The van der Waals surface area contributed by atoms with Crippen molar-refractivity contribution in [3.05, 3.63) is 29.8 Å². The maximum atomic E-state index is 11.3. The van der Waals surface area contributed by atoms with Crippen LogP contribution in [0, 0.1) is 0 Å². The van der Waals surface area contributed by atoms with Gasteiger partial charge in [-0.05, 0) is 44.5 Å². The third kappa shape index (κ3) is 6.39. The summed E-state index contributed by atoms with van der Waals surface area (Å²) in [6.45, 7) is 6.78. The number of rotatable bonds is 8. The molecule has 0 amide bonds. The highest BCUT2D eigenvalue weighted by molar-refractivity contribution is 7.90. The predicted octanol–water partition coefficient (Wildman–Crippen LogP) is 2.56. The number of ether oxygens (including phenoxy) is 1. The summed E-state index contributed by atoms with van der Waals surface area (Å²) in [5.41, 5.74) is 1.06. The van der Waals surface area contributed by atoms with Crippen LogP contribution >= 0.6 is 0 Å². The van der Waals surface area contributed by atoms with E-state index in [4.69, 9.17) is 4.74 Å². The molecule has 0 aliphatic heterocycles. The van der Waals surface area contributed by atoms with Crippen molar-refractivity contribution in [2.75, 3.05) is 18.6 Å². The smallest absolute Gasteiger partial charge is 0.147 e. The minimum atomic E-state index is -2.95. The zero-order valence-corrected chi connectivity index (χ0v) is 13.5. The molecule has 1 unspecified atom stereocenters. The lowest BCUT2D eigenvalue weighted by Crippen LogP contribution is -2.23. The van der Waals surface area contributed by atoms with Gasteiger partial charge in [0, 0.05) is 12.3 Å². The normalized spacial score (nSPS) is 13.4. The van der Waals surface area contributed by atoms with Crippen LogP contribution in [0.3, 0.4) is 0 Å². The fourth-order valence-corrected chi connectivity index (χ4v) is 2.71. The zero-order valence-electron chi connectivity index (χ0n) is 12.7. The van der Waals surface area contributed by atoms with Crippen molar-refractivity contribution in [3.63, 3.8) is 0 Å². The van der Waals surface area contributed by atoms with E-state index in [1.54, 1.807) is 0 Å². The van der Waals surface area contributed by atoms with Crippen molar-refractivity contribution in [2.45, 2.75) is 39.3 Å². The van der Waals surface area contributed by atoms with Crippen molar-refractivity contribution >= 4 is 9.84 Å². The maximum Gasteiger partial charge on any atom is 0.147 e. The Morgan fingerprint density at radius 3 is 2.55 bits per heavy atom. The monoisotopic (exact) mass is 299 g/mol. The van der Waals surface area contributed by atoms with Crippen LogP contribution in [0.15, 0.2) is 24.3 Å². The first-order valence-electron chi connectivity index (χ1n) is 6.99. The van der Waals surface area contributed by atoms with Crippen molar-refractivity contribution in [1.29, 1.82) is 0 Å². The Balaban J connectivity index is 2.85. The molecule has 5 heteroatoms. The van der Waals surface area contributed by atoms with Gasteiger partial charge in [-0.1, -0.05) is 19.1 Å². The fraction of sp³-hybridized carbons (Fsp3) is 0.600. The standard InChI is InChI=1S/C15H25NO3S/c1-5-16-15(9-10-20(4,17)18)13-7-6-8-14(11-13)19-12(2)3/h6-8,11-12,15-16H,5,9-10H2,1-4H3. The first kappa shape index (κ1) is 17.0. The zero-order chi connectivity index (χ0) is 15.2. The molecule has 4 nitrogen and oxygen atoms in total. The minimum absolute atomic E-state index is 0.0328. The highest BCUT2D eigenvalue weighted by atomic mass is 32.2. The lowest BCUT2D eigenvalue weighted by Gasteiger charge is -2.19. The summed E-state index contributed by atoms with van der Waals surface area (Å²) in [7, 11) is -2.95. The Kier molecular flexibility index (Phi) is 6.49. The van der Waals surface area contributed by atoms with Crippen molar-refractivity contribution in [3.8, 4) is 5.75 Å². The van der Waals surface area contributed by atoms with Gasteiger partial charge in [-0.2, -0.15) is 0 Å². The summed E-state index contributed by atoms with van der Waals surface area (Å²) in [5, 5.41) is 3.33. The van der Waals surface area contributed by atoms with Crippen LogP contribution in [-0.4, -0.2) is 33.1 Å². The molecule has 1 atom stereocenters. The molecule has 1 N–H and O–H groups in total. The molecule has 0 aromatic heterocycles. The number of sulfone groups is 1. The molecule has 0 heterocycles. The molecule has 0 radical (unpaired) electrons. The molecule has 0 spiro atoms. The molecule has 1 rings (SSSR count). The van der Waals surface area contributed by atoms with Gasteiger partial charge < -0.3 is 10.1 Å². The number of nitrogens with one attached hydrogen (secondary N) is 1. The number of benzene rings is 1. The Morgan fingerprint density at radius 1 is 1.30 bits per heavy atom. The molecule has 0 aliphatic rings. The quantitative estimate of drug-likeness (QED) is 0.801. The van der Waals surface area contributed by atoms with Crippen molar-refractivity contribution in [2.24, 2.45) is 0 Å². The first-order chi connectivity index (χ1) is 9.31. The van der Waals surface area contributed by atoms with Crippen LogP contribution in [0.5, 0.6) is 5.75 Å². The molecule has 114 valence electrons. The Labute approximate surface area is 122 Å². The Morgan fingerprint density at radius 2 is 2.00 bits per heavy atom. The molecular formula is C15H25NO3S. The maximum absolute atomic E-state index is 11.3. The molecule has 1 aromatic rings. The van der Waals surface area contributed by atoms with Gasteiger partial charge in [0.2, 0.25) is 0 Å². The van der Waals surface area contributed by atoms with Crippen LogP contribution in [-0.2, 0) is 9.84 Å². The van der Waals surface area contributed by atoms with E-state index in [1.807, 2.05) is 45.0 Å². The average Bonchev–Trinajstić information content (AvgIpc) is 2.33. The molecule has 0 bridgehead atoms. The van der Waals surface area contributed by atoms with Crippen LogP contribution in [0.2, 0.25) is 0 Å². The van der Waals surface area contributed by atoms with Crippen LogP contribution in [0.25, 0.3) is 0 Å². The molecular weight excluding hydrogens is 274 g/mol.